The minimum absolute atomic E-state index is 0.0864. The van der Waals surface area contributed by atoms with Gasteiger partial charge >= 0.3 is 0 Å². The summed E-state index contributed by atoms with van der Waals surface area (Å²) in [4.78, 5) is 2.36. The standard InChI is InChI=1S/C30H31ClN2/c1-21-10-14-27(15-11-21)33(28-16-12-26(31)13-17-28)20-29(25-8-6-5-7-9-25)32-30-23(3)18-22(2)19-24(30)4/h5-19,29,32H,20H2,1-4H3. The number of hydrogen-bond acceptors (Lipinski definition) is 2. The second-order valence-corrected chi connectivity index (χ2v) is 9.24. The highest BCUT2D eigenvalue weighted by molar-refractivity contribution is 6.30. The van der Waals surface area contributed by atoms with Crippen LogP contribution in [0.15, 0.2) is 91.0 Å². The maximum absolute atomic E-state index is 6.21. The molecule has 4 aromatic rings. The first-order valence-electron chi connectivity index (χ1n) is 11.4. The van der Waals surface area contributed by atoms with E-state index >= 15 is 0 Å². The maximum atomic E-state index is 6.21. The normalized spacial score (nSPS) is 11.8. The van der Waals surface area contributed by atoms with Gasteiger partial charge in [-0.15, -0.1) is 0 Å². The highest BCUT2D eigenvalue weighted by Crippen LogP contribution is 2.33. The first-order valence-corrected chi connectivity index (χ1v) is 11.8. The quantitative estimate of drug-likeness (QED) is 0.301. The van der Waals surface area contributed by atoms with Crippen LogP contribution in [0.1, 0.15) is 33.9 Å². The predicted molar refractivity (Wildman–Crippen MR) is 143 cm³/mol. The summed E-state index contributed by atoms with van der Waals surface area (Å²) in [6.07, 6.45) is 0. The molecule has 0 aliphatic rings. The molecule has 0 aliphatic carbocycles. The first kappa shape index (κ1) is 22.9. The third-order valence-electron chi connectivity index (χ3n) is 6.05. The molecule has 0 saturated heterocycles. The fraction of sp³-hybridized carbons (Fsp3) is 0.200. The molecule has 0 amide bonds. The Bertz CT molecular complexity index is 1130. The fourth-order valence-corrected chi connectivity index (χ4v) is 4.52. The van der Waals surface area contributed by atoms with Gasteiger partial charge in [0.25, 0.3) is 0 Å². The van der Waals surface area contributed by atoms with Crippen molar-refractivity contribution in [2.24, 2.45) is 0 Å². The van der Waals surface area contributed by atoms with E-state index in [1.54, 1.807) is 0 Å². The molecule has 0 bridgehead atoms. The monoisotopic (exact) mass is 454 g/mol. The molecule has 0 aliphatic heterocycles. The molecule has 2 nitrogen and oxygen atoms in total. The smallest absolute Gasteiger partial charge is 0.0693 e. The molecule has 0 heterocycles. The number of aryl methyl sites for hydroxylation is 4. The summed E-state index contributed by atoms with van der Waals surface area (Å²) in [6, 6.07) is 32.1. The zero-order chi connectivity index (χ0) is 23.4. The lowest BCUT2D eigenvalue weighted by Crippen LogP contribution is -2.28. The van der Waals surface area contributed by atoms with Gasteiger partial charge in [-0.05, 0) is 80.8 Å². The van der Waals surface area contributed by atoms with Crippen LogP contribution < -0.4 is 10.2 Å². The van der Waals surface area contributed by atoms with E-state index in [0.717, 1.165) is 22.9 Å². The van der Waals surface area contributed by atoms with Gasteiger partial charge in [0.1, 0.15) is 0 Å². The van der Waals surface area contributed by atoms with Gasteiger partial charge in [-0.25, -0.2) is 0 Å². The Kier molecular flexibility index (Phi) is 7.05. The molecule has 0 radical (unpaired) electrons. The van der Waals surface area contributed by atoms with Crippen LogP contribution >= 0.6 is 11.6 Å². The van der Waals surface area contributed by atoms with Gasteiger partial charge in [-0.2, -0.15) is 0 Å². The van der Waals surface area contributed by atoms with Crippen molar-refractivity contribution < 1.29 is 0 Å². The van der Waals surface area contributed by atoms with Crippen molar-refractivity contribution in [2.75, 3.05) is 16.8 Å². The molecule has 1 atom stereocenters. The number of anilines is 3. The minimum atomic E-state index is 0.0864. The van der Waals surface area contributed by atoms with Gasteiger partial charge < -0.3 is 10.2 Å². The molecule has 4 rings (SSSR count). The topological polar surface area (TPSA) is 15.3 Å². The van der Waals surface area contributed by atoms with Crippen molar-refractivity contribution in [3.63, 3.8) is 0 Å². The summed E-state index contributed by atoms with van der Waals surface area (Å²) >= 11 is 6.21. The third-order valence-corrected chi connectivity index (χ3v) is 6.30. The second-order valence-electron chi connectivity index (χ2n) is 8.80. The van der Waals surface area contributed by atoms with Gasteiger partial charge in [-0.3, -0.25) is 0 Å². The van der Waals surface area contributed by atoms with Gasteiger partial charge in [0.2, 0.25) is 0 Å². The van der Waals surface area contributed by atoms with Crippen LogP contribution in [-0.4, -0.2) is 6.54 Å². The summed E-state index contributed by atoms with van der Waals surface area (Å²) in [5, 5.41) is 4.63. The van der Waals surface area contributed by atoms with E-state index in [9.17, 15) is 0 Å². The molecule has 1 unspecified atom stereocenters. The lowest BCUT2D eigenvalue weighted by molar-refractivity contribution is 0.765. The average Bonchev–Trinajstić information content (AvgIpc) is 2.80. The number of nitrogens with one attached hydrogen (secondary N) is 1. The first-order chi connectivity index (χ1) is 15.9. The minimum Gasteiger partial charge on any atom is -0.376 e. The van der Waals surface area contributed by atoms with Crippen molar-refractivity contribution in [3.8, 4) is 0 Å². The molecular formula is C30H31ClN2. The van der Waals surface area contributed by atoms with E-state index in [2.05, 4.69) is 117 Å². The molecule has 1 N–H and O–H groups in total. The zero-order valence-electron chi connectivity index (χ0n) is 19.8. The Balaban J connectivity index is 1.76. The maximum Gasteiger partial charge on any atom is 0.0693 e. The van der Waals surface area contributed by atoms with Gasteiger partial charge in [-0.1, -0.05) is 77.3 Å². The Morgan fingerprint density at radius 2 is 1.24 bits per heavy atom. The Labute approximate surface area is 202 Å². The molecule has 33 heavy (non-hydrogen) atoms. The number of hydrogen-bond donors (Lipinski definition) is 1. The van der Waals surface area contributed by atoms with Crippen LogP contribution in [0.3, 0.4) is 0 Å². The van der Waals surface area contributed by atoms with Crippen LogP contribution in [0.25, 0.3) is 0 Å². The Morgan fingerprint density at radius 1 is 0.697 bits per heavy atom. The average molecular weight is 455 g/mol. The molecule has 0 saturated carbocycles. The van der Waals surface area contributed by atoms with Crippen LogP contribution in [0, 0.1) is 27.7 Å². The summed E-state index contributed by atoms with van der Waals surface area (Å²) < 4.78 is 0. The van der Waals surface area contributed by atoms with Crippen LogP contribution in [0.4, 0.5) is 17.1 Å². The summed E-state index contributed by atoms with van der Waals surface area (Å²) in [5.74, 6) is 0. The van der Waals surface area contributed by atoms with E-state index in [4.69, 9.17) is 11.6 Å². The molecule has 168 valence electrons. The summed E-state index contributed by atoms with van der Waals surface area (Å²) in [5.41, 5.74) is 9.79. The third kappa shape index (κ3) is 5.58. The van der Waals surface area contributed by atoms with Crippen molar-refractivity contribution in [3.05, 3.63) is 124 Å². The predicted octanol–water partition coefficient (Wildman–Crippen LogP) is 8.57. The van der Waals surface area contributed by atoms with Crippen molar-refractivity contribution in [1.29, 1.82) is 0 Å². The number of benzene rings is 4. The van der Waals surface area contributed by atoms with E-state index in [-0.39, 0.29) is 6.04 Å². The largest absolute Gasteiger partial charge is 0.376 e. The number of nitrogens with zero attached hydrogens (tertiary/aromatic N) is 1. The second kappa shape index (κ2) is 10.1. The zero-order valence-corrected chi connectivity index (χ0v) is 20.5. The lowest BCUT2D eigenvalue weighted by Gasteiger charge is -2.32. The van der Waals surface area contributed by atoms with Crippen LogP contribution in [-0.2, 0) is 0 Å². The van der Waals surface area contributed by atoms with Crippen LogP contribution in [0.2, 0.25) is 5.02 Å². The van der Waals surface area contributed by atoms with Crippen molar-refractivity contribution in [1.82, 2.24) is 0 Å². The highest BCUT2D eigenvalue weighted by Gasteiger charge is 2.20. The van der Waals surface area contributed by atoms with E-state index in [0.29, 0.717) is 0 Å². The van der Waals surface area contributed by atoms with E-state index < -0.39 is 0 Å². The molecule has 4 aromatic carbocycles. The van der Waals surface area contributed by atoms with Crippen LogP contribution in [0.5, 0.6) is 0 Å². The number of halogens is 1. The fourth-order valence-electron chi connectivity index (χ4n) is 4.39. The van der Waals surface area contributed by atoms with Gasteiger partial charge in [0.05, 0.1) is 6.04 Å². The van der Waals surface area contributed by atoms with E-state index in [1.165, 1.54) is 33.5 Å². The molecule has 0 fully saturated rings. The highest BCUT2D eigenvalue weighted by atomic mass is 35.5. The van der Waals surface area contributed by atoms with E-state index in [1.807, 2.05) is 12.1 Å². The summed E-state index contributed by atoms with van der Waals surface area (Å²) in [7, 11) is 0. The van der Waals surface area contributed by atoms with Crippen molar-refractivity contribution in [2.45, 2.75) is 33.7 Å². The molecule has 3 heteroatoms. The summed E-state index contributed by atoms with van der Waals surface area (Å²) in [6.45, 7) is 9.40. The molecular weight excluding hydrogens is 424 g/mol. The van der Waals surface area contributed by atoms with Gasteiger partial charge in [0, 0.05) is 28.6 Å². The Morgan fingerprint density at radius 3 is 1.82 bits per heavy atom. The van der Waals surface area contributed by atoms with Gasteiger partial charge in [0.15, 0.2) is 0 Å². The lowest BCUT2D eigenvalue weighted by atomic mass is 10.0. The Hall–Kier alpha value is -3.23. The van der Waals surface area contributed by atoms with Crippen molar-refractivity contribution >= 4 is 28.7 Å². The molecule has 0 spiro atoms. The SMILES string of the molecule is Cc1ccc(N(CC(Nc2c(C)cc(C)cc2C)c2ccccc2)c2ccc(Cl)cc2)cc1. The number of rotatable bonds is 7. The molecule has 0 aromatic heterocycles.